The van der Waals surface area contributed by atoms with E-state index in [1.165, 1.54) is 0 Å². The maximum atomic E-state index is 0. The summed E-state index contributed by atoms with van der Waals surface area (Å²) in [5.41, 5.74) is 0. The summed E-state index contributed by atoms with van der Waals surface area (Å²) in [5.74, 6) is 0. The molecule has 0 bridgehead atoms. The molecule has 0 saturated carbocycles. The Morgan fingerprint density at radius 3 is 1.00 bits per heavy atom. The van der Waals surface area contributed by atoms with Crippen molar-refractivity contribution in [2.75, 3.05) is 0 Å². The summed E-state index contributed by atoms with van der Waals surface area (Å²) in [6, 6.07) is 0. The van der Waals surface area contributed by atoms with E-state index < -0.39 is 0 Å². The molecule has 4 heavy (non-hydrogen) atoms. The summed E-state index contributed by atoms with van der Waals surface area (Å²) in [5, 5.41) is 0. The molecule has 0 aliphatic rings. The third-order valence-corrected chi connectivity index (χ3v) is 0. The van der Waals surface area contributed by atoms with Crippen LogP contribution in [-0.4, -0.2) is 26.2 Å². The van der Waals surface area contributed by atoms with E-state index in [1.807, 2.05) is 0 Å². The first kappa shape index (κ1) is 31.3. The Morgan fingerprint density at radius 2 is 1.00 bits per heavy atom. The molecule has 0 aliphatic carbocycles. The SMILES string of the molecule is [Bi].[Cu].[Ni].[Zn]. The predicted octanol–water partition coefficient (Wildman–Crippen LogP) is -0.388. The van der Waals surface area contributed by atoms with Crippen molar-refractivity contribution in [3.05, 3.63) is 0 Å². The van der Waals surface area contributed by atoms with Gasteiger partial charge in [-0.1, -0.05) is 0 Å². The zero-order valence-corrected chi connectivity index (χ0v) is 10.1. The van der Waals surface area contributed by atoms with E-state index in [-0.39, 0.29) is 79.2 Å². The topological polar surface area (TPSA) is 0 Å². The van der Waals surface area contributed by atoms with Crippen LogP contribution in [-0.2, 0) is 53.0 Å². The molecular weight excluding hydrogens is 397 g/mol. The number of hydrogen-bond donors (Lipinski definition) is 0. The molecule has 0 rings (SSSR count). The fraction of sp³-hybridized carbons (Fsp3) is 0. The smallest absolute Gasteiger partial charge is 0 e. The molecule has 0 aliphatic heterocycles. The third kappa shape index (κ3) is 8.82. The molecule has 4 radical (unpaired) electrons. The van der Waals surface area contributed by atoms with Gasteiger partial charge in [-0.3, -0.25) is 0 Å². The van der Waals surface area contributed by atoms with Gasteiger partial charge < -0.3 is 0 Å². The van der Waals surface area contributed by atoms with Crippen LogP contribution in [0.3, 0.4) is 0 Å². The van der Waals surface area contributed by atoms with Crippen molar-refractivity contribution in [1.82, 2.24) is 0 Å². The molecule has 0 fully saturated rings. The van der Waals surface area contributed by atoms with Crippen LogP contribution in [0.2, 0.25) is 0 Å². The van der Waals surface area contributed by atoms with Crippen molar-refractivity contribution in [3.8, 4) is 0 Å². The second-order valence-corrected chi connectivity index (χ2v) is 0. The molecule has 4 heteroatoms. The Morgan fingerprint density at radius 1 is 1.00 bits per heavy atom. The van der Waals surface area contributed by atoms with Crippen LogP contribution in [0.5, 0.6) is 0 Å². The molecule has 0 aromatic carbocycles. The van der Waals surface area contributed by atoms with Crippen LogP contribution < -0.4 is 0 Å². The van der Waals surface area contributed by atoms with Crippen LogP contribution in [0.15, 0.2) is 0 Å². The molecule has 0 atom stereocenters. The molecule has 0 saturated heterocycles. The summed E-state index contributed by atoms with van der Waals surface area (Å²) >= 11 is 0. The van der Waals surface area contributed by atoms with Gasteiger partial charge >= 0.3 is 0 Å². The quantitative estimate of drug-likeness (QED) is 0.490. The normalized spacial score (nSPS) is 0. The third-order valence-electron chi connectivity index (χ3n) is 0. The first-order chi connectivity index (χ1) is 0. The van der Waals surface area contributed by atoms with E-state index >= 15 is 0 Å². The van der Waals surface area contributed by atoms with Crippen LogP contribution in [0.25, 0.3) is 0 Å². The van der Waals surface area contributed by atoms with E-state index in [0.717, 1.165) is 0 Å². The molecular formula is BiCuNiZn. The van der Waals surface area contributed by atoms with E-state index in [4.69, 9.17) is 0 Å². The summed E-state index contributed by atoms with van der Waals surface area (Å²) in [7, 11) is 0. The van der Waals surface area contributed by atoms with Crippen molar-refractivity contribution < 1.29 is 53.0 Å². The molecule has 0 N–H and O–H groups in total. The Bertz CT molecular complexity index is 8.00. The van der Waals surface area contributed by atoms with Crippen molar-refractivity contribution >= 4 is 26.2 Å². The van der Waals surface area contributed by atoms with Crippen LogP contribution in [0.1, 0.15) is 0 Å². The summed E-state index contributed by atoms with van der Waals surface area (Å²) in [4.78, 5) is 0. The second kappa shape index (κ2) is 17.8. The molecule has 0 aromatic heterocycles. The van der Waals surface area contributed by atoms with E-state index in [0.29, 0.717) is 0 Å². The first-order valence-electron chi connectivity index (χ1n) is 0. The number of hydrogen-bond acceptors (Lipinski definition) is 0. The van der Waals surface area contributed by atoms with Gasteiger partial charge in [0.1, 0.15) is 0 Å². The standard InChI is InChI=1S/Bi.Cu.Ni.Zn. The van der Waals surface area contributed by atoms with Gasteiger partial charge in [0.15, 0.2) is 0 Å². The van der Waals surface area contributed by atoms with Gasteiger partial charge in [0.2, 0.25) is 0 Å². The molecule has 0 heterocycles. The summed E-state index contributed by atoms with van der Waals surface area (Å²) in [6.45, 7) is 0. The maximum Gasteiger partial charge on any atom is 0 e. The van der Waals surface area contributed by atoms with E-state index in [1.54, 1.807) is 0 Å². The zero-order valence-electron chi connectivity index (χ0n) is 1.77. The second-order valence-electron chi connectivity index (χ2n) is 0. The minimum Gasteiger partial charge on any atom is 0 e. The fourth-order valence-electron chi connectivity index (χ4n) is 0. The Labute approximate surface area is 78.1 Å². The van der Waals surface area contributed by atoms with Crippen LogP contribution in [0.4, 0.5) is 0 Å². The Kier molecular flexibility index (Phi) is 139. The Balaban J connectivity index is 0. The average Bonchev–Trinajstić information content (AvgIpc) is 0. The van der Waals surface area contributed by atoms with Crippen LogP contribution >= 0.6 is 0 Å². The Hall–Kier alpha value is 2.52. The van der Waals surface area contributed by atoms with Crippen molar-refractivity contribution in [2.45, 2.75) is 0 Å². The average molecular weight is 397 g/mol. The molecule has 28 valence electrons. The molecule has 0 amide bonds. The predicted molar refractivity (Wildman–Crippen MR) is 5.75 cm³/mol. The zero-order chi connectivity index (χ0) is 0. The largest absolute Gasteiger partial charge is 0 e. The van der Waals surface area contributed by atoms with Crippen molar-refractivity contribution in [2.24, 2.45) is 0 Å². The summed E-state index contributed by atoms with van der Waals surface area (Å²) < 4.78 is 0. The molecule has 0 unspecified atom stereocenters. The van der Waals surface area contributed by atoms with E-state index in [9.17, 15) is 0 Å². The van der Waals surface area contributed by atoms with Gasteiger partial charge in [0.05, 0.1) is 0 Å². The monoisotopic (exact) mass is 394 g/mol. The van der Waals surface area contributed by atoms with Gasteiger partial charge in [0, 0.05) is 79.2 Å². The fourth-order valence-corrected chi connectivity index (χ4v) is 0. The van der Waals surface area contributed by atoms with Crippen molar-refractivity contribution in [1.29, 1.82) is 0 Å². The van der Waals surface area contributed by atoms with Crippen LogP contribution in [0, 0.1) is 0 Å². The first-order valence-corrected chi connectivity index (χ1v) is 0. The van der Waals surface area contributed by atoms with E-state index in [2.05, 4.69) is 0 Å². The summed E-state index contributed by atoms with van der Waals surface area (Å²) in [6.07, 6.45) is 0. The minimum atomic E-state index is 0. The molecule has 0 spiro atoms. The molecule has 0 aromatic rings. The molecule has 0 nitrogen and oxygen atoms in total. The number of rotatable bonds is 0. The van der Waals surface area contributed by atoms with Gasteiger partial charge in [-0.05, 0) is 0 Å². The van der Waals surface area contributed by atoms with Gasteiger partial charge in [0.25, 0.3) is 0 Å². The van der Waals surface area contributed by atoms with Gasteiger partial charge in [-0.2, -0.15) is 0 Å². The maximum absolute atomic E-state index is 0. The van der Waals surface area contributed by atoms with Crippen molar-refractivity contribution in [3.63, 3.8) is 0 Å². The minimum absolute atomic E-state index is 0. The van der Waals surface area contributed by atoms with Gasteiger partial charge in [-0.15, -0.1) is 0 Å². The van der Waals surface area contributed by atoms with Gasteiger partial charge in [-0.25, -0.2) is 0 Å².